The number of hydrazone groups is 1. The number of methoxy groups -OCH3 is 1. The molecule has 0 aliphatic rings. The number of nitrogens with one attached hydrogen (secondary N) is 1. The van der Waals surface area contributed by atoms with Crippen LogP contribution in [0.2, 0.25) is 10.0 Å². The molecule has 4 nitrogen and oxygen atoms in total. The zero-order valence-corrected chi connectivity index (χ0v) is 14.7. The van der Waals surface area contributed by atoms with Crippen molar-refractivity contribution >= 4 is 45.3 Å². The fraction of sp³-hybridized carbons (Fsp3) is 0.133. The van der Waals surface area contributed by atoms with Gasteiger partial charge in [-0.25, -0.2) is 0 Å². The SMILES string of the molecule is COc1cc(/C=N/NCc2c(Cl)cccc2Cl)cc(Br)c1O. The molecule has 0 radical (unpaired) electrons. The first-order chi connectivity index (χ1) is 10.5. The fourth-order valence-corrected chi connectivity index (χ4v) is 2.76. The van der Waals surface area contributed by atoms with Crippen LogP contribution in [0.4, 0.5) is 0 Å². The second-order valence-electron chi connectivity index (χ2n) is 4.35. The topological polar surface area (TPSA) is 53.8 Å². The molecule has 0 aromatic heterocycles. The third-order valence-electron chi connectivity index (χ3n) is 2.89. The molecular weight excluding hydrogens is 391 g/mol. The van der Waals surface area contributed by atoms with E-state index in [0.29, 0.717) is 26.8 Å². The first-order valence-corrected chi connectivity index (χ1v) is 7.83. The maximum atomic E-state index is 9.74. The minimum atomic E-state index is 0.0514. The van der Waals surface area contributed by atoms with Gasteiger partial charge in [0.05, 0.1) is 24.3 Å². The first kappa shape index (κ1) is 16.9. The summed E-state index contributed by atoms with van der Waals surface area (Å²) >= 11 is 15.4. The number of hydrogen-bond donors (Lipinski definition) is 2. The quantitative estimate of drug-likeness (QED) is 0.566. The lowest BCUT2D eigenvalue weighted by Gasteiger charge is -2.07. The molecule has 2 N–H and O–H groups in total. The Kier molecular flexibility index (Phi) is 5.94. The fourth-order valence-electron chi connectivity index (χ4n) is 1.77. The van der Waals surface area contributed by atoms with Gasteiger partial charge in [0.2, 0.25) is 0 Å². The summed E-state index contributed by atoms with van der Waals surface area (Å²) in [7, 11) is 1.49. The Morgan fingerprint density at radius 3 is 2.64 bits per heavy atom. The average molecular weight is 404 g/mol. The lowest BCUT2D eigenvalue weighted by molar-refractivity contribution is 0.372. The average Bonchev–Trinajstić information content (AvgIpc) is 2.49. The molecule has 7 heteroatoms. The van der Waals surface area contributed by atoms with Gasteiger partial charge in [0.15, 0.2) is 11.5 Å². The Labute approximate surface area is 146 Å². The summed E-state index contributed by atoms with van der Waals surface area (Å²) in [6, 6.07) is 8.74. The standard InChI is InChI=1S/C15H13BrCl2N2O2/c1-22-14-6-9(5-11(16)15(14)21)7-19-20-8-10-12(17)3-2-4-13(10)18/h2-7,20-21H,8H2,1H3/b19-7+. The number of halogens is 3. The van der Waals surface area contributed by atoms with Crippen LogP contribution in [0.1, 0.15) is 11.1 Å². The Morgan fingerprint density at radius 2 is 2.00 bits per heavy atom. The van der Waals surface area contributed by atoms with Gasteiger partial charge in [-0.1, -0.05) is 29.3 Å². The van der Waals surface area contributed by atoms with E-state index < -0.39 is 0 Å². The van der Waals surface area contributed by atoms with Gasteiger partial charge in [-0.3, -0.25) is 0 Å². The normalized spacial score (nSPS) is 10.9. The molecule has 2 aromatic carbocycles. The molecule has 0 bridgehead atoms. The van der Waals surface area contributed by atoms with Gasteiger partial charge in [-0.2, -0.15) is 5.10 Å². The van der Waals surface area contributed by atoms with E-state index in [1.165, 1.54) is 7.11 Å². The number of benzene rings is 2. The highest BCUT2D eigenvalue weighted by atomic mass is 79.9. The van der Waals surface area contributed by atoms with E-state index in [4.69, 9.17) is 27.9 Å². The summed E-state index contributed by atoms with van der Waals surface area (Å²) < 4.78 is 5.61. The minimum absolute atomic E-state index is 0.0514. The van der Waals surface area contributed by atoms with Crippen molar-refractivity contribution in [2.75, 3.05) is 7.11 Å². The van der Waals surface area contributed by atoms with Crippen LogP contribution in [0, 0.1) is 0 Å². The van der Waals surface area contributed by atoms with Crippen molar-refractivity contribution in [3.05, 3.63) is 56.0 Å². The van der Waals surface area contributed by atoms with Gasteiger partial charge in [0, 0.05) is 15.6 Å². The largest absolute Gasteiger partial charge is 0.503 e. The number of phenols is 1. The predicted octanol–water partition coefficient (Wildman–Crippen LogP) is 4.59. The van der Waals surface area contributed by atoms with Crippen LogP contribution in [0.3, 0.4) is 0 Å². The third-order valence-corrected chi connectivity index (χ3v) is 4.21. The molecule has 0 spiro atoms. The van der Waals surface area contributed by atoms with Crippen molar-refractivity contribution in [1.82, 2.24) is 5.43 Å². The van der Waals surface area contributed by atoms with Crippen LogP contribution in [0.15, 0.2) is 39.9 Å². The van der Waals surface area contributed by atoms with E-state index in [1.807, 2.05) is 0 Å². The highest BCUT2D eigenvalue weighted by Gasteiger charge is 2.07. The van der Waals surface area contributed by atoms with Gasteiger partial charge < -0.3 is 15.3 Å². The molecule has 0 amide bonds. The van der Waals surface area contributed by atoms with Gasteiger partial charge >= 0.3 is 0 Å². The van der Waals surface area contributed by atoms with Crippen molar-refractivity contribution in [2.45, 2.75) is 6.54 Å². The van der Waals surface area contributed by atoms with E-state index in [2.05, 4.69) is 26.5 Å². The molecule has 22 heavy (non-hydrogen) atoms. The molecule has 0 unspecified atom stereocenters. The van der Waals surface area contributed by atoms with Crippen molar-refractivity contribution in [1.29, 1.82) is 0 Å². The number of phenolic OH excluding ortho intramolecular Hbond substituents is 1. The Bertz CT molecular complexity index is 688. The number of aromatic hydroxyl groups is 1. The zero-order chi connectivity index (χ0) is 16.1. The predicted molar refractivity (Wildman–Crippen MR) is 93.3 cm³/mol. The number of rotatable bonds is 5. The second kappa shape index (κ2) is 7.72. The summed E-state index contributed by atoms with van der Waals surface area (Å²) in [6.07, 6.45) is 1.61. The molecule has 0 aliphatic carbocycles. The molecule has 0 fully saturated rings. The molecule has 0 heterocycles. The van der Waals surface area contributed by atoms with Crippen LogP contribution >= 0.6 is 39.1 Å². The van der Waals surface area contributed by atoms with Crippen molar-refractivity contribution < 1.29 is 9.84 Å². The zero-order valence-electron chi connectivity index (χ0n) is 11.6. The lowest BCUT2D eigenvalue weighted by Crippen LogP contribution is -2.06. The van der Waals surface area contributed by atoms with E-state index in [-0.39, 0.29) is 5.75 Å². The molecule has 116 valence electrons. The van der Waals surface area contributed by atoms with Crippen LogP contribution in [0.25, 0.3) is 0 Å². The molecule has 0 saturated carbocycles. The minimum Gasteiger partial charge on any atom is -0.503 e. The third kappa shape index (κ3) is 4.06. The Hall–Kier alpha value is -1.43. The number of nitrogens with zero attached hydrogens (tertiary/aromatic N) is 1. The Morgan fingerprint density at radius 1 is 1.32 bits per heavy atom. The summed E-state index contributed by atoms with van der Waals surface area (Å²) in [5, 5.41) is 15.0. The molecule has 0 saturated heterocycles. The van der Waals surface area contributed by atoms with E-state index >= 15 is 0 Å². The molecule has 2 rings (SSSR count). The van der Waals surface area contributed by atoms with Crippen molar-refractivity contribution in [3.63, 3.8) is 0 Å². The summed E-state index contributed by atoms with van der Waals surface area (Å²) in [5.41, 5.74) is 4.43. The van der Waals surface area contributed by atoms with Gasteiger partial charge in [-0.05, 0) is 45.8 Å². The van der Waals surface area contributed by atoms with Crippen molar-refractivity contribution in [3.8, 4) is 11.5 Å². The summed E-state index contributed by atoms with van der Waals surface area (Å²) in [4.78, 5) is 0. The van der Waals surface area contributed by atoms with E-state index in [9.17, 15) is 5.11 Å². The lowest BCUT2D eigenvalue weighted by atomic mass is 10.2. The first-order valence-electron chi connectivity index (χ1n) is 6.28. The summed E-state index contributed by atoms with van der Waals surface area (Å²) in [5.74, 6) is 0.417. The highest BCUT2D eigenvalue weighted by molar-refractivity contribution is 9.10. The summed E-state index contributed by atoms with van der Waals surface area (Å²) in [6.45, 7) is 0.408. The number of hydrogen-bond acceptors (Lipinski definition) is 4. The van der Waals surface area contributed by atoms with E-state index in [0.717, 1.165) is 11.1 Å². The molecule has 2 aromatic rings. The molecular formula is C15H13BrCl2N2O2. The highest BCUT2D eigenvalue weighted by Crippen LogP contribution is 2.34. The van der Waals surface area contributed by atoms with Crippen LogP contribution in [-0.4, -0.2) is 18.4 Å². The van der Waals surface area contributed by atoms with Gasteiger partial charge in [0.1, 0.15) is 0 Å². The smallest absolute Gasteiger partial charge is 0.172 e. The van der Waals surface area contributed by atoms with E-state index in [1.54, 1.807) is 36.5 Å². The van der Waals surface area contributed by atoms with Crippen LogP contribution in [0.5, 0.6) is 11.5 Å². The Balaban J connectivity index is 2.06. The maximum Gasteiger partial charge on any atom is 0.172 e. The monoisotopic (exact) mass is 402 g/mol. The van der Waals surface area contributed by atoms with Gasteiger partial charge in [0.25, 0.3) is 0 Å². The molecule has 0 atom stereocenters. The maximum absolute atomic E-state index is 9.74. The van der Waals surface area contributed by atoms with Gasteiger partial charge in [-0.15, -0.1) is 0 Å². The second-order valence-corrected chi connectivity index (χ2v) is 6.02. The molecule has 0 aliphatic heterocycles. The van der Waals surface area contributed by atoms with Crippen molar-refractivity contribution in [2.24, 2.45) is 5.10 Å². The van der Waals surface area contributed by atoms with Crippen LogP contribution in [-0.2, 0) is 6.54 Å². The number of ether oxygens (including phenoxy) is 1. The van der Waals surface area contributed by atoms with Crippen LogP contribution < -0.4 is 10.2 Å².